The van der Waals surface area contributed by atoms with Crippen LogP contribution in [0.25, 0.3) is 0 Å². The Labute approximate surface area is 178 Å². The second-order valence-electron chi connectivity index (χ2n) is 5.59. The molecule has 0 spiro atoms. The van der Waals surface area contributed by atoms with Gasteiger partial charge in [0.1, 0.15) is 6.10 Å². The molecule has 10 heteroatoms. The second kappa shape index (κ2) is 13.0. The second-order valence-corrected chi connectivity index (χ2v) is 5.59. The summed E-state index contributed by atoms with van der Waals surface area (Å²) < 4.78 is 0. The molecule has 1 rings (SSSR count). The van der Waals surface area contributed by atoms with Gasteiger partial charge in [-0.25, -0.2) is 0 Å². The molecule has 0 aliphatic carbocycles. The summed E-state index contributed by atoms with van der Waals surface area (Å²) in [5.41, 5.74) is 4.44. The summed E-state index contributed by atoms with van der Waals surface area (Å²) in [6.45, 7) is 2.70. The number of carbonyl (C=O) groups is 3. The predicted octanol–water partition coefficient (Wildman–Crippen LogP) is -1.02. The minimum Gasteiger partial charge on any atom is -1.00 e. The van der Waals surface area contributed by atoms with E-state index in [1.807, 2.05) is 0 Å². The zero-order chi connectivity index (χ0) is 18.8. The Morgan fingerprint density at radius 2 is 2.00 bits per heavy atom. The molecule has 0 aliphatic heterocycles. The number of aliphatic carboxylic acids is 1. The summed E-state index contributed by atoms with van der Waals surface area (Å²) in [6, 6.07) is 3.29. The van der Waals surface area contributed by atoms with Crippen molar-refractivity contribution in [1.29, 1.82) is 0 Å². The Kier molecular flexibility index (Phi) is 13.5. The zero-order valence-electron chi connectivity index (χ0n) is 16.3. The minimum atomic E-state index is -1.35. The average molecular weight is 383 g/mol. The smallest absolute Gasteiger partial charge is 1.00 e. The summed E-state index contributed by atoms with van der Waals surface area (Å²) in [6.07, 6.45) is 1.48. The van der Waals surface area contributed by atoms with E-state index in [2.05, 4.69) is 10.3 Å². The maximum absolute atomic E-state index is 11.3. The molecule has 0 bridgehead atoms. The third-order valence-electron chi connectivity index (χ3n) is 2.98. The Morgan fingerprint density at radius 3 is 2.36 bits per heavy atom. The topological polar surface area (TPSA) is 163 Å². The van der Waals surface area contributed by atoms with Crippen LogP contribution < -0.4 is 11.1 Å². The molecule has 138 valence electrons. The molecule has 0 aromatic carbocycles. The van der Waals surface area contributed by atoms with Gasteiger partial charge in [0.2, 0.25) is 11.8 Å². The first-order valence-corrected chi connectivity index (χ1v) is 7.10. The first-order chi connectivity index (χ1) is 11.1. The molecule has 1 aromatic heterocycles. The number of carboxylic acids is 1. The van der Waals surface area contributed by atoms with Crippen LogP contribution >= 0.6 is 0 Å². The summed E-state index contributed by atoms with van der Waals surface area (Å²) >= 11 is 0. The molecular formula is C15H25CaN3O6. The van der Waals surface area contributed by atoms with Crippen molar-refractivity contribution >= 4 is 55.5 Å². The van der Waals surface area contributed by atoms with Gasteiger partial charge in [0.15, 0.2) is 0 Å². The van der Waals surface area contributed by atoms with E-state index in [9.17, 15) is 19.5 Å². The van der Waals surface area contributed by atoms with E-state index < -0.39 is 29.3 Å². The molecule has 1 aromatic rings. The maximum atomic E-state index is 11.3. The van der Waals surface area contributed by atoms with Crippen LogP contribution in [-0.2, 0) is 9.59 Å². The van der Waals surface area contributed by atoms with Crippen LogP contribution in [0.5, 0.6) is 0 Å². The largest absolute Gasteiger partial charge is 2.00 e. The number of amides is 2. The number of carbonyl (C=O) groups excluding carboxylic acids is 2. The van der Waals surface area contributed by atoms with Crippen LogP contribution in [-0.4, -0.2) is 95.1 Å². The summed E-state index contributed by atoms with van der Waals surface area (Å²) in [7, 11) is 0. The number of nitrogens with two attached hydrogens (primary N) is 1. The van der Waals surface area contributed by atoms with Gasteiger partial charge in [-0.15, -0.1) is 0 Å². The summed E-state index contributed by atoms with van der Waals surface area (Å²) in [5, 5.41) is 29.0. The van der Waals surface area contributed by atoms with Gasteiger partial charge in [0.05, 0.1) is 18.6 Å². The Balaban J connectivity index is -0.000000192. The molecule has 0 fully saturated rings. The number of primary amides is 1. The summed E-state index contributed by atoms with van der Waals surface area (Å²) in [4.78, 5) is 35.5. The zero-order valence-corrected chi connectivity index (χ0v) is 16.5. The molecular weight excluding hydrogens is 358 g/mol. The number of aliphatic hydroxyl groups excluding tert-OH is 2. The molecule has 25 heavy (non-hydrogen) atoms. The Bertz CT molecular complexity index is 564. The van der Waals surface area contributed by atoms with Gasteiger partial charge in [0, 0.05) is 24.4 Å². The summed E-state index contributed by atoms with van der Waals surface area (Å²) in [5.74, 6) is -2.13. The normalized spacial score (nSPS) is 11.2. The van der Waals surface area contributed by atoms with Crippen molar-refractivity contribution in [2.24, 2.45) is 11.1 Å². The number of pyridine rings is 1. The van der Waals surface area contributed by atoms with Crippen molar-refractivity contribution < 1.29 is 32.6 Å². The number of carboxylic acid groups (broad SMARTS) is 1. The fraction of sp³-hybridized carbons (Fsp3) is 0.467. The van der Waals surface area contributed by atoms with Crippen molar-refractivity contribution in [1.82, 2.24) is 10.3 Å². The molecule has 0 saturated heterocycles. The van der Waals surface area contributed by atoms with E-state index in [0.29, 0.717) is 5.56 Å². The molecule has 0 radical (unpaired) electrons. The number of aliphatic hydroxyl groups is 2. The maximum Gasteiger partial charge on any atom is 2.00 e. The first-order valence-electron chi connectivity index (χ1n) is 7.10. The Morgan fingerprint density at radius 1 is 1.40 bits per heavy atom. The quantitative estimate of drug-likeness (QED) is 0.376. The monoisotopic (exact) mass is 383 g/mol. The number of nitrogens with zero attached hydrogens (tertiary/aromatic N) is 1. The van der Waals surface area contributed by atoms with Crippen LogP contribution in [0.1, 0.15) is 33.5 Å². The predicted molar refractivity (Wildman–Crippen MR) is 92.9 cm³/mol. The molecule has 0 aliphatic rings. The van der Waals surface area contributed by atoms with Crippen molar-refractivity contribution in [3.8, 4) is 0 Å². The van der Waals surface area contributed by atoms with E-state index in [-0.39, 0.29) is 60.2 Å². The first kappa shape index (κ1) is 26.0. The molecule has 0 saturated carbocycles. The number of hydrogen-bond acceptors (Lipinski definition) is 6. The molecule has 1 atom stereocenters. The number of nitrogens with one attached hydrogen (secondary N) is 1. The fourth-order valence-corrected chi connectivity index (χ4v) is 1.34. The van der Waals surface area contributed by atoms with Crippen LogP contribution in [0.4, 0.5) is 0 Å². The van der Waals surface area contributed by atoms with Crippen LogP contribution in [0.15, 0.2) is 24.5 Å². The fourth-order valence-electron chi connectivity index (χ4n) is 1.34. The van der Waals surface area contributed by atoms with Gasteiger partial charge >= 0.3 is 43.7 Å². The van der Waals surface area contributed by atoms with E-state index in [4.69, 9.17) is 15.9 Å². The van der Waals surface area contributed by atoms with E-state index in [0.717, 1.165) is 0 Å². The van der Waals surface area contributed by atoms with E-state index in [1.165, 1.54) is 20.0 Å². The van der Waals surface area contributed by atoms with E-state index >= 15 is 0 Å². The van der Waals surface area contributed by atoms with Gasteiger partial charge in [-0.3, -0.25) is 19.4 Å². The van der Waals surface area contributed by atoms with Crippen LogP contribution in [0, 0.1) is 5.41 Å². The van der Waals surface area contributed by atoms with Gasteiger partial charge in [0.25, 0.3) is 0 Å². The number of rotatable bonds is 7. The van der Waals surface area contributed by atoms with Crippen molar-refractivity contribution in [3.05, 3.63) is 30.1 Å². The van der Waals surface area contributed by atoms with Crippen molar-refractivity contribution in [2.45, 2.75) is 26.4 Å². The van der Waals surface area contributed by atoms with Crippen LogP contribution in [0.2, 0.25) is 0 Å². The average Bonchev–Trinajstić information content (AvgIpc) is 2.55. The SMILES string of the molecule is CC(C)(CO)[C@@H](O)C(=O)NCCC(=O)O.NC(=O)c1cccnc1.[Ca+2].[H-].[H-]. The van der Waals surface area contributed by atoms with Gasteiger partial charge < -0.3 is 29.2 Å². The molecule has 9 nitrogen and oxygen atoms in total. The standard InChI is InChI=1S/C9H17NO5.C6H6N2O.Ca.2H/c1-9(2,5-11)7(14)8(15)10-4-3-6(12)13;7-6(9)5-2-1-3-8-4-5;;;/h7,11,14H,3-5H2,1-2H3,(H,10,15)(H,12,13);1-4H,(H2,7,9);;;/q;;+2;2*-1/t7-;;;;/m0..../s1. The van der Waals surface area contributed by atoms with E-state index in [1.54, 1.807) is 18.3 Å². The molecule has 2 amide bonds. The third kappa shape index (κ3) is 11.1. The molecule has 6 N–H and O–H groups in total. The Hall–Kier alpha value is -1.26. The number of hydrogen-bond donors (Lipinski definition) is 5. The molecule has 1 heterocycles. The van der Waals surface area contributed by atoms with Gasteiger partial charge in [-0.1, -0.05) is 13.8 Å². The van der Waals surface area contributed by atoms with Gasteiger partial charge in [-0.05, 0) is 12.1 Å². The van der Waals surface area contributed by atoms with Crippen molar-refractivity contribution in [3.63, 3.8) is 0 Å². The van der Waals surface area contributed by atoms with Crippen LogP contribution in [0.3, 0.4) is 0 Å². The molecule has 0 unspecified atom stereocenters. The number of aromatic nitrogens is 1. The third-order valence-corrected chi connectivity index (χ3v) is 2.98. The van der Waals surface area contributed by atoms with Crippen molar-refractivity contribution in [2.75, 3.05) is 13.2 Å². The van der Waals surface area contributed by atoms with Gasteiger partial charge in [-0.2, -0.15) is 0 Å². The minimum absolute atomic E-state index is 0.